The summed E-state index contributed by atoms with van der Waals surface area (Å²) in [5, 5.41) is 7.81. The van der Waals surface area contributed by atoms with Crippen molar-refractivity contribution in [3.05, 3.63) is 60.5 Å². The van der Waals surface area contributed by atoms with Gasteiger partial charge < -0.3 is 0 Å². The summed E-state index contributed by atoms with van der Waals surface area (Å²) in [4.78, 5) is 0. The summed E-state index contributed by atoms with van der Waals surface area (Å²) in [7, 11) is 0. The Bertz CT molecular complexity index is 655. The molecule has 0 atom stereocenters. The van der Waals surface area contributed by atoms with Crippen molar-refractivity contribution >= 4 is 5.57 Å². The number of allylic oxidation sites excluding steroid dienone is 2. The maximum Gasteiger partial charge on any atom is 0.148 e. The van der Waals surface area contributed by atoms with Crippen LogP contribution in [0.1, 0.15) is 17.0 Å². The van der Waals surface area contributed by atoms with Crippen LogP contribution in [0.2, 0.25) is 0 Å². The number of fused-ring (bicyclic) bond motifs is 3. The molecule has 0 bridgehead atoms. The topological polar surface area (TPSA) is 30.7 Å². The van der Waals surface area contributed by atoms with Crippen molar-refractivity contribution in [3.63, 3.8) is 0 Å². The third kappa shape index (κ3) is 1.49. The smallest absolute Gasteiger partial charge is 0.148 e. The lowest BCUT2D eigenvalue weighted by molar-refractivity contribution is 0.603. The van der Waals surface area contributed by atoms with Crippen LogP contribution >= 0.6 is 0 Å². The van der Waals surface area contributed by atoms with Gasteiger partial charge in [-0.1, -0.05) is 19.2 Å². The molecule has 3 nitrogen and oxygen atoms in total. The highest BCUT2D eigenvalue weighted by Crippen LogP contribution is 2.29. The van der Waals surface area contributed by atoms with Crippen molar-refractivity contribution in [1.29, 1.82) is 0 Å². The number of benzene rings is 1. The minimum atomic E-state index is -0.272. The third-order valence-electron chi connectivity index (χ3n) is 3.24. The number of halogens is 1. The summed E-state index contributed by atoms with van der Waals surface area (Å²) in [6.45, 7) is 7.51. The van der Waals surface area contributed by atoms with Crippen molar-refractivity contribution in [2.24, 2.45) is 0 Å². The van der Waals surface area contributed by atoms with Crippen molar-refractivity contribution in [1.82, 2.24) is 14.8 Å². The number of aryl methyl sites for hydroxylation is 2. The standard InChI is InChI=1S/C14H12FN3/c1-3-9(2)11-6-10-4-5-13-17-16-8-18(13)14(10)12(15)7-11/h3,6-8H,1-2,4-5H2. The van der Waals surface area contributed by atoms with Gasteiger partial charge in [-0.3, -0.25) is 4.57 Å². The molecule has 2 aromatic rings. The second-order valence-corrected chi connectivity index (χ2v) is 4.31. The molecule has 0 radical (unpaired) electrons. The van der Waals surface area contributed by atoms with Gasteiger partial charge >= 0.3 is 0 Å². The highest BCUT2D eigenvalue weighted by atomic mass is 19.1. The zero-order chi connectivity index (χ0) is 12.7. The van der Waals surface area contributed by atoms with Gasteiger partial charge in [-0.2, -0.15) is 0 Å². The average Bonchev–Trinajstić information content (AvgIpc) is 2.85. The Morgan fingerprint density at radius 1 is 1.39 bits per heavy atom. The van der Waals surface area contributed by atoms with E-state index in [0.717, 1.165) is 35.4 Å². The number of hydrogen-bond donors (Lipinski definition) is 0. The van der Waals surface area contributed by atoms with Gasteiger partial charge in [0.15, 0.2) is 0 Å². The molecule has 90 valence electrons. The van der Waals surface area contributed by atoms with Gasteiger partial charge in [-0.05, 0) is 35.3 Å². The highest BCUT2D eigenvalue weighted by molar-refractivity contribution is 5.73. The van der Waals surface area contributed by atoms with E-state index in [9.17, 15) is 4.39 Å². The third-order valence-corrected chi connectivity index (χ3v) is 3.24. The molecular weight excluding hydrogens is 229 g/mol. The van der Waals surface area contributed by atoms with Crippen LogP contribution in [-0.4, -0.2) is 14.8 Å². The van der Waals surface area contributed by atoms with E-state index in [1.807, 2.05) is 6.07 Å². The van der Waals surface area contributed by atoms with Gasteiger partial charge in [0.1, 0.15) is 18.0 Å². The Morgan fingerprint density at radius 2 is 2.22 bits per heavy atom. The van der Waals surface area contributed by atoms with E-state index in [2.05, 4.69) is 23.4 Å². The van der Waals surface area contributed by atoms with Crippen molar-refractivity contribution in [2.45, 2.75) is 12.8 Å². The van der Waals surface area contributed by atoms with Crippen LogP contribution in [0.3, 0.4) is 0 Å². The minimum absolute atomic E-state index is 0.272. The Hall–Kier alpha value is -2.23. The molecule has 0 spiro atoms. The van der Waals surface area contributed by atoms with Gasteiger partial charge in [-0.25, -0.2) is 4.39 Å². The van der Waals surface area contributed by atoms with E-state index in [-0.39, 0.29) is 5.82 Å². The van der Waals surface area contributed by atoms with Crippen LogP contribution in [0, 0.1) is 5.82 Å². The molecule has 1 aliphatic rings. The largest absolute Gasteiger partial charge is 0.282 e. The molecule has 0 amide bonds. The quantitative estimate of drug-likeness (QED) is 0.757. The molecule has 0 unspecified atom stereocenters. The van der Waals surface area contributed by atoms with Gasteiger partial charge in [0.05, 0.1) is 5.69 Å². The molecule has 0 fully saturated rings. The molecule has 0 aliphatic carbocycles. The van der Waals surface area contributed by atoms with E-state index in [1.165, 1.54) is 6.07 Å². The van der Waals surface area contributed by atoms with Crippen LogP contribution in [0.15, 0.2) is 37.7 Å². The van der Waals surface area contributed by atoms with Crippen LogP contribution in [0.25, 0.3) is 11.3 Å². The fourth-order valence-corrected chi connectivity index (χ4v) is 2.28. The van der Waals surface area contributed by atoms with Crippen LogP contribution in [0.5, 0.6) is 0 Å². The normalized spacial score (nSPS) is 12.7. The lowest BCUT2D eigenvalue weighted by Crippen LogP contribution is -2.14. The van der Waals surface area contributed by atoms with Gasteiger partial charge in [0, 0.05) is 6.42 Å². The van der Waals surface area contributed by atoms with Crippen LogP contribution in [-0.2, 0) is 12.8 Å². The molecule has 1 aliphatic heterocycles. The first-order chi connectivity index (χ1) is 8.70. The van der Waals surface area contributed by atoms with E-state index in [0.29, 0.717) is 5.69 Å². The van der Waals surface area contributed by atoms with E-state index >= 15 is 0 Å². The first-order valence-corrected chi connectivity index (χ1v) is 5.74. The molecule has 0 saturated heterocycles. The SMILES string of the molecule is C=CC(=C)c1cc(F)c2c(c1)CCc1nncn1-2. The summed E-state index contributed by atoms with van der Waals surface area (Å²) in [5.41, 5.74) is 3.02. The second kappa shape index (κ2) is 3.91. The van der Waals surface area contributed by atoms with Gasteiger partial charge in [-0.15, -0.1) is 10.2 Å². The molecule has 3 rings (SSSR count). The fraction of sp³-hybridized carbons (Fsp3) is 0.143. The Labute approximate surface area is 104 Å². The Morgan fingerprint density at radius 3 is 3.00 bits per heavy atom. The first kappa shape index (κ1) is 10.9. The Balaban J connectivity index is 2.22. The van der Waals surface area contributed by atoms with Gasteiger partial charge in [0.2, 0.25) is 0 Å². The second-order valence-electron chi connectivity index (χ2n) is 4.31. The summed E-state index contributed by atoms with van der Waals surface area (Å²) in [6.07, 6.45) is 4.73. The first-order valence-electron chi connectivity index (χ1n) is 5.74. The zero-order valence-electron chi connectivity index (χ0n) is 9.86. The molecule has 1 aromatic heterocycles. The predicted octanol–water partition coefficient (Wildman–Crippen LogP) is 2.70. The van der Waals surface area contributed by atoms with Crippen LogP contribution in [0.4, 0.5) is 4.39 Å². The lowest BCUT2D eigenvalue weighted by atomic mass is 9.97. The average molecular weight is 241 g/mol. The van der Waals surface area contributed by atoms with E-state index < -0.39 is 0 Å². The van der Waals surface area contributed by atoms with Crippen molar-refractivity contribution < 1.29 is 4.39 Å². The predicted molar refractivity (Wildman–Crippen MR) is 68.0 cm³/mol. The molecule has 0 N–H and O–H groups in total. The van der Waals surface area contributed by atoms with Crippen LogP contribution < -0.4 is 0 Å². The Kier molecular flexibility index (Phi) is 2.37. The summed E-state index contributed by atoms with van der Waals surface area (Å²) < 4.78 is 15.9. The summed E-state index contributed by atoms with van der Waals surface area (Å²) in [6, 6.07) is 3.45. The minimum Gasteiger partial charge on any atom is -0.282 e. The number of aromatic nitrogens is 3. The monoisotopic (exact) mass is 241 g/mol. The summed E-state index contributed by atoms with van der Waals surface area (Å²) >= 11 is 0. The number of rotatable bonds is 2. The van der Waals surface area contributed by atoms with E-state index in [1.54, 1.807) is 17.0 Å². The maximum atomic E-state index is 14.2. The molecule has 18 heavy (non-hydrogen) atoms. The molecule has 1 aromatic carbocycles. The molecular formula is C14H12FN3. The molecule has 0 saturated carbocycles. The number of hydrogen-bond acceptors (Lipinski definition) is 2. The van der Waals surface area contributed by atoms with Crippen molar-refractivity contribution in [2.75, 3.05) is 0 Å². The lowest BCUT2D eigenvalue weighted by Gasteiger charge is -2.19. The fourth-order valence-electron chi connectivity index (χ4n) is 2.28. The maximum absolute atomic E-state index is 14.2. The van der Waals surface area contributed by atoms with Gasteiger partial charge in [0.25, 0.3) is 0 Å². The number of nitrogens with zero attached hydrogens (tertiary/aromatic N) is 3. The summed E-state index contributed by atoms with van der Waals surface area (Å²) in [5.74, 6) is 0.531. The molecule has 2 heterocycles. The zero-order valence-corrected chi connectivity index (χ0v) is 9.86. The molecule has 4 heteroatoms. The highest BCUT2D eigenvalue weighted by Gasteiger charge is 2.21. The van der Waals surface area contributed by atoms with E-state index in [4.69, 9.17) is 0 Å². The van der Waals surface area contributed by atoms with Crippen molar-refractivity contribution in [3.8, 4) is 5.69 Å².